The Morgan fingerprint density at radius 1 is 0.980 bits per heavy atom. The second kappa shape index (κ2) is 13.3. The molecule has 4 aliphatic heterocycles. The Morgan fingerprint density at radius 2 is 1.76 bits per heavy atom. The fraction of sp³-hybridized carbons (Fsp3) is 0.406. The van der Waals surface area contributed by atoms with Crippen molar-refractivity contribution in [1.82, 2.24) is 34.8 Å². The maximum absolute atomic E-state index is 13.3. The molecule has 50 heavy (non-hydrogen) atoms. The molecular weight excluding hydrogens is 666 g/mol. The first kappa shape index (κ1) is 32.9. The molecule has 7 amide bonds. The molecule has 0 spiro atoms. The SMILES string of the molecule is Cc1cc(Nc2nc(N3CCCC(NC(=O)N4CCN(c5ccc6c(c5)C(=O)N(C5CCC(=O)NC5=O)C6=O)CC4)C3)cnc2C(N)=O)sn1. The number of aryl methyl sites for hydroxylation is 1. The van der Waals surface area contributed by atoms with Crippen molar-refractivity contribution in [3.05, 3.63) is 53.0 Å². The topological polar surface area (TPSA) is 216 Å². The van der Waals surface area contributed by atoms with Crippen molar-refractivity contribution < 1.29 is 28.8 Å². The summed E-state index contributed by atoms with van der Waals surface area (Å²) in [4.78, 5) is 91.4. The van der Waals surface area contributed by atoms with E-state index in [1.165, 1.54) is 17.7 Å². The predicted molar refractivity (Wildman–Crippen MR) is 181 cm³/mol. The molecule has 260 valence electrons. The second-order valence-corrected chi connectivity index (χ2v) is 13.4. The van der Waals surface area contributed by atoms with Gasteiger partial charge in [0.15, 0.2) is 11.5 Å². The lowest BCUT2D eigenvalue weighted by Crippen LogP contribution is -2.56. The van der Waals surface area contributed by atoms with E-state index in [2.05, 4.69) is 30.3 Å². The van der Waals surface area contributed by atoms with Crippen molar-refractivity contribution in [1.29, 1.82) is 0 Å². The van der Waals surface area contributed by atoms with Crippen LogP contribution >= 0.6 is 11.5 Å². The molecule has 5 N–H and O–H groups in total. The summed E-state index contributed by atoms with van der Waals surface area (Å²) in [5.74, 6) is -2.08. The molecule has 4 aliphatic rings. The van der Waals surface area contributed by atoms with Crippen LogP contribution in [0.15, 0.2) is 30.5 Å². The van der Waals surface area contributed by atoms with Crippen LogP contribution in [-0.4, -0.2) is 111 Å². The number of nitrogens with one attached hydrogen (secondary N) is 3. The number of piperazine rings is 1. The van der Waals surface area contributed by atoms with Gasteiger partial charge in [0, 0.05) is 57.4 Å². The third kappa shape index (κ3) is 6.40. The predicted octanol–water partition coefficient (Wildman–Crippen LogP) is 0.986. The molecule has 3 saturated heterocycles. The van der Waals surface area contributed by atoms with Gasteiger partial charge in [-0.3, -0.25) is 34.2 Å². The highest BCUT2D eigenvalue weighted by Gasteiger charge is 2.45. The van der Waals surface area contributed by atoms with E-state index in [1.807, 2.05) is 22.8 Å². The van der Waals surface area contributed by atoms with Gasteiger partial charge < -0.3 is 31.1 Å². The number of nitrogens with two attached hydrogens (primary N) is 1. The standard InChI is InChI=1S/C32H35N11O6S/c1-17-13-25(50-39-17)38-28-26(27(33)45)34-15-23(36-28)42-8-2-3-18(16-42)35-32(49)41-11-9-40(10-12-41)19-4-5-20-21(14-19)31(48)43(30(20)47)22-6-7-24(44)37-29(22)46/h4-5,13-15,18,22H,2-3,6-12,16H2,1H3,(H2,33,45)(H,35,49)(H,36,38)(H,37,44,46). The molecule has 2 unspecified atom stereocenters. The second-order valence-electron chi connectivity index (χ2n) is 12.6. The molecule has 0 bridgehead atoms. The molecule has 0 radical (unpaired) electrons. The highest BCUT2D eigenvalue weighted by Crippen LogP contribution is 2.31. The molecule has 3 fully saturated rings. The zero-order valence-electron chi connectivity index (χ0n) is 27.2. The lowest BCUT2D eigenvalue weighted by atomic mass is 10.0. The summed E-state index contributed by atoms with van der Waals surface area (Å²) in [6, 6.07) is 5.52. The number of hydrogen-bond donors (Lipinski definition) is 4. The Labute approximate surface area is 290 Å². The zero-order valence-corrected chi connectivity index (χ0v) is 28.0. The Bertz CT molecular complexity index is 1910. The number of urea groups is 1. The number of carbonyl (C=O) groups is 6. The molecule has 7 rings (SSSR count). The van der Waals surface area contributed by atoms with E-state index < -0.39 is 35.6 Å². The van der Waals surface area contributed by atoms with Gasteiger partial charge in [0.1, 0.15) is 16.9 Å². The first-order valence-electron chi connectivity index (χ1n) is 16.3. The number of amides is 7. The molecule has 6 heterocycles. The Balaban J connectivity index is 0.950. The number of imide groups is 2. The molecule has 17 nitrogen and oxygen atoms in total. The summed E-state index contributed by atoms with van der Waals surface area (Å²) < 4.78 is 4.25. The number of piperidine rings is 2. The van der Waals surface area contributed by atoms with Crippen molar-refractivity contribution >= 4 is 69.4 Å². The largest absolute Gasteiger partial charge is 0.368 e. The minimum Gasteiger partial charge on any atom is -0.368 e. The highest BCUT2D eigenvalue weighted by atomic mass is 32.1. The lowest BCUT2D eigenvalue weighted by Gasteiger charge is -2.38. The number of carbonyl (C=O) groups excluding carboxylic acids is 6. The van der Waals surface area contributed by atoms with Crippen molar-refractivity contribution in [2.75, 3.05) is 54.4 Å². The van der Waals surface area contributed by atoms with Crippen molar-refractivity contribution in [2.45, 2.75) is 44.7 Å². The Kier molecular flexibility index (Phi) is 8.77. The number of benzene rings is 1. The van der Waals surface area contributed by atoms with E-state index >= 15 is 0 Å². The fourth-order valence-corrected chi connectivity index (χ4v) is 7.39. The minimum absolute atomic E-state index is 0.0231. The van der Waals surface area contributed by atoms with Gasteiger partial charge >= 0.3 is 6.03 Å². The zero-order chi connectivity index (χ0) is 35.1. The van der Waals surface area contributed by atoms with Gasteiger partial charge in [-0.05, 0) is 62.0 Å². The van der Waals surface area contributed by atoms with Crippen LogP contribution in [0.5, 0.6) is 0 Å². The van der Waals surface area contributed by atoms with Crippen molar-refractivity contribution in [2.24, 2.45) is 5.73 Å². The molecular formula is C32H35N11O6S. The van der Waals surface area contributed by atoms with E-state index in [1.54, 1.807) is 23.1 Å². The van der Waals surface area contributed by atoms with Crippen LogP contribution in [0.4, 0.5) is 27.1 Å². The number of hydrogen-bond acceptors (Lipinski definition) is 13. The van der Waals surface area contributed by atoms with E-state index in [9.17, 15) is 28.8 Å². The van der Waals surface area contributed by atoms with Gasteiger partial charge in [-0.25, -0.2) is 14.8 Å². The van der Waals surface area contributed by atoms with Gasteiger partial charge in [0.25, 0.3) is 17.7 Å². The fourth-order valence-electron chi connectivity index (χ4n) is 6.73. The average Bonchev–Trinajstić information content (AvgIpc) is 3.63. The van der Waals surface area contributed by atoms with Gasteiger partial charge in [-0.15, -0.1) is 0 Å². The first-order valence-corrected chi connectivity index (χ1v) is 17.1. The Morgan fingerprint density at radius 3 is 2.48 bits per heavy atom. The molecule has 2 atom stereocenters. The van der Waals surface area contributed by atoms with E-state index in [-0.39, 0.29) is 47.6 Å². The van der Waals surface area contributed by atoms with Gasteiger partial charge in [0.2, 0.25) is 11.8 Å². The number of aromatic nitrogens is 3. The molecule has 3 aromatic rings. The van der Waals surface area contributed by atoms with Crippen LogP contribution in [-0.2, 0) is 9.59 Å². The summed E-state index contributed by atoms with van der Waals surface area (Å²) in [5, 5.41) is 9.18. The number of primary amides is 1. The van der Waals surface area contributed by atoms with Crippen LogP contribution < -0.4 is 31.5 Å². The summed E-state index contributed by atoms with van der Waals surface area (Å²) in [6.45, 7) is 4.99. The first-order chi connectivity index (χ1) is 24.0. The molecule has 1 aromatic carbocycles. The van der Waals surface area contributed by atoms with Crippen LogP contribution in [0.2, 0.25) is 0 Å². The number of rotatable bonds is 7. The Hall–Kier alpha value is -5.65. The monoisotopic (exact) mass is 701 g/mol. The minimum atomic E-state index is -1.02. The highest BCUT2D eigenvalue weighted by molar-refractivity contribution is 7.10. The van der Waals surface area contributed by atoms with Gasteiger partial charge in [-0.2, -0.15) is 4.37 Å². The van der Waals surface area contributed by atoms with Crippen molar-refractivity contribution in [3.8, 4) is 0 Å². The molecule has 2 aromatic heterocycles. The van der Waals surface area contributed by atoms with E-state index in [4.69, 9.17) is 5.73 Å². The van der Waals surface area contributed by atoms with Crippen molar-refractivity contribution in [3.63, 3.8) is 0 Å². The summed E-state index contributed by atoms with van der Waals surface area (Å²) in [5.41, 5.74) is 7.58. The molecule has 0 aliphatic carbocycles. The van der Waals surface area contributed by atoms with Crippen LogP contribution in [0.1, 0.15) is 62.6 Å². The summed E-state index contributed by atoms with van der Waals surface area (Å²) in [6.07, 6.45) is 3.27. The van der Waals surface area contributed by atoms with Gasteiger partial charge in [0.05, 0.1) is 23.0 Å². The van der Waals surface area contributed by atoms with Crippen LogP contribution in [0, 0.1) is 6.92 Å². The normalized spacial score (nSPS) is 20.9. The third-order valence-corrected chi connectivity index (χ3v) is 10.1. The summed E-state index contributed by atoms with van der Waals surface area (Å²) >= 11 is 1.24. The number of fused-ring (bicyclic) bond motifs is 1. The number of anilines is 4. The van der Waals surface area contributed by atoms with Crippen LogP contribution in [0.25, 0.3) is 0 Å². The average molecular weight is 702 g/mol. The lowest BCUT2D eigenvalue weighted by molar-refractivity contribution is -0.136. The number of nitrogens with zero attached hydrogens (tertiary/aromatic N) is 7. The van der Waals surface area contributed by atoms with Crippen LogP contribution in [0.3, 0.4) is 0 Å². The maximum Gasteiger partial charge on any atom is 0.317 e. The molecule has 18 heteroatoms. The van der Waals surface area contributed by atoms with E-state index in [0.29, 0.717) is 50.1 Å². The smallest absolute Gasteiger partial charge is 0.317 e. The molecule has 0 saturated carbocycles. The third-order valence-electron chi connectivity index (χ3n) is 9.29. The quantitative estimate of drug-likeness (QED) is 0.254. The van der Waals surface area contributed by atoms with E-state index in [0.717, 1.165) is 29.1 Å². The summed E-state index contributed by atoms with van der Waals surface area (Å²) in [7, 11) is 0. The maximum atomic E-state index is 13.3. The van der Waals surface area contributed by atoms with Gasteiger partial charge in [-0.1, -0.05) is 0 Å².